The monoisotopic (exact) mass is 330 g/mol. The quantitative estimate of drug-likeness (QED) is 0.807. The molecule has 0 fully saturated rings. The molecule has 0 bridgehead atoms. The molecule has 0 heterocycles. The fourth-order valence-electron chi connectivity index (χ4n) is 3.88. The van der Waals surface area contributed by atoms with Crippen molar-refractivity contribution in [2.75, 3.05) is 0 Å². The average molecular weight is 330 g/mol. The van der Waals surface area contributed by atoms with Crippen LogP contribution in [0.1, 0.15) is 66.3 Å². The van der Waals surface area contributed by atoms with Crippen molar-refractivity contribution >= 4 is 11.6 Å². The molecule has 0 saturated heterocycles. The van der Waals surface area contributed by atoms with Crippen molar-refractivity contribution in [3.05, 3.63) is 45.2 Å². The van der Waals surface area contributed by atoms with Crippen LogP contribution in [-0.2, 0) is 16.2 Å². The number of rotatable bonds is 5. The lowest BCUT2D eigenvalue weighted by Gasteiger charge is -2.27. The predicted molar refractivity (Wildman–Crippen MR) is 93.1 cm³/mol. The minimum atomic E-state index is -0.271. The summed E-state index contributed by atoms with van der Waals surface area (Å²) in [6.07, 6.45) is 1.46. The second-order valence-electron chi connectivity index (χ2n) is 6.71. The van der Waals surface area contributed by atoms with E-state index in [0.717, 1.165) is 27.8 Å². The maximum absolute atomic E-state index is 12.5. The van der Waals surface area contributed by atoms with Crippen molar-refractivity contribution in [3.8, 4) is 0 Å². The number of hydrogen-bond acceptors (Lipinski definition) is 4. The Balaban J connectivity index is 2.44. The Morgan fingerprint density at radius 1 is 1.21 bits per heavy atom. The second kappa shape index (κ2) is 7.31. The van der Waals surface area contributed by atoms with Crippen molar-refractivity contribution in [1.29, 1.82) is 0 Å². The molecule has 130 valence electrons. The highest BCUT2D eigenvalue weighted by atomic mass is 16.3. The minimum Gasteiger partial charge on any atom is -0.511 e. The number of allylic oxidation sites excluding steroid dienone is 2. The van der Waals surface area contributed by atoms with Crippen LogP contribution in [0.15, 0.2) is 17.4 Å². The van der Waals surface area contributed by atoms with E-state index in [9.17, 15) is 19.8 Å². The zero-order valence-electron chi connectivity index (χ0n) is 14.9. The van der Waals surface area contributed by atoms with E-state index in [-0.39, 0.29) is 48.3 Å². The fraction of sp³-hybridized carbons (Fsp3) is 0.500. The average Bonchev–Trinajstić information content (AvgIpc) is 2.46. The first-order chi connectivity index (χ1) is 11.3. The molecule has 0 saturated carbocycles. The number of ketones is 2. The lowest BCUT2D eigenvalue weighted by molar-refractivity contribution is -0.122. The molecule has 24 heavy (non-hydrogen) atoms. The third kappa shape index (κ3) is 3.29. The van der Waals surface area contributed by atoms with E-state index in [0.29, 0.717) is 12.8 Å². The SMILES string of the molecule is CCCC(=O)C1=C(O)CC(c2c(C)cc(C)c(CO)c2C)CC1=O. The molecule has 1 unspecified atom stereocenters. The molecule has 0 aromatic heterocycles. The number of benzene rings is 1. The zero-order chi connectivity index (χ0) is 18.0. The molecule has 0 aliphatic heterocycles. The van der Waals surface area contributed by atoms with E-state index in [1.165, 1.54) is 0 Å². The summed E-state index contributed by atoms with van der Waals surface area (Å²) in [6, 6.07) is 2.01. The summed E-state index contributed by atoms with van der Waals surface area (Å²) in [6.45, 7) is 7.72. The van der Waals surface area contributed by atoms with Crippen LogP contribution in [0, 0.1) is 20.8 Å². The normalized spacial score (nSPS) is 18.2. The van der Waals surface area contributed by atoms with Gasteiger partial charge in [0.25, 0.3) is 0 Å². The smallest absolute Gasteiger partial charge is 0.170 e. The van der Waals surface area contributed by atoms with Gasteiger partial charge < -0.3 is 10.2 Å². The highest BCUT2D eigenvalue weighted by molar-refractivity contribution is 6.21. The number of aliphatic hydroxyl groups excluding tert-OH is 2. The van der Waals surface area contributed by atoms with Gasteiger partial charge in [-0.1, -0.05) is 13.0 Å². The third-order valence-corrected chi connectivity index (χ3v) is 4.95. The van der Waals surface area contributed by atoms with Crippen LogP contribution < -0.4 is 0 Å². The van der Waals surface area contributed by atoms with Crippen LogP contribution in [0.3, 0.4) is 0 Å². The lowest BCUT2D eigenvalue weighted by Crippen LogP contribution is -2.24. The summed E-state index contributed by atoms with van der Waals surface area (Å²) in [7, 11) is 0. The Bertz CT molecular complexity index is 713. The van der Waals surface area contributed by atoms with Gasteiger partial charge in [-0.05, 0) is 60.9 Å². The van der Waals surface area contributed by atoms with Gasteiger partial charge in [0.15, 0.2) is 11.6 Å². The van der Waals surface area contributed by atoms with E-state index in [4.69, 9.17) is 0 Å². The summed E-state index contributed by atoms with van der Waals surface area (Å²) in [4.78, 5) is 24.5. The minimum absolute atomic E-state index is 0.00194. The van der Waals surface area contributed by atoms with E-state index in [1.54, 1.807) is 0 Å². The van der Waals surface area contributed by atoms with Gasteiger partial charge in [0, 0.05) is 19.3 Å². The molecule has 0 radical (unpaired) electrons. The standard InChI is InChI=1S/C20H26O4/c1-5-6-16(22)20-17(23)8-14(9-18(20)24)19-12(3)7-11(2)15(10-21)13(19)4/h7,14,21,23H,5-6,8-10H2,1-4H3. The van der Waals surface area contributed by atoms with Gasteiger partial charge in [-0.2, -0.15) is 0 Å². The Hall–Kier alpha value is -1.94. The maximum Gasteiger partial charge on any atom is 0.170 e. The number of aliphatic hydroxyl groups is 2. The molecule has 2 N–H and O–H groups in total. The molecule has 4 nitrogen and oxygen atoms in total. The topological polar surface area (TPSA) is 74.6 Å². The molecule has 1 aliphatic carbocycles. The Kier molecular flexibility index (Phi) is 5.60. The van der Waals surface area contributed by atoms with Gasteiger partial charge in [0.1, 0.15) is 5.76 Å². The summed E-state index contributed by atoms with van der Waals surface area (Å²) in [5, 5.41) is 19.9. The molecule has 1 aliphatic rings. The Morgan fingerprint density at radius 3 is 2.42 bits per heavy atom. The number of aryl methyl sites for hydroxylation is 2. The van der Waals surface area contributed by atoms with Crippen molar-refractivity contribution in [3.63, 3.8) is 0 Å². The molecule has 1 aromatic carbocycles. The van der Waals surface area contributed by atoms with Gasteiger partial charge >= 0.3 is 0 Å². The Morgan fingerprint density at radius 2 is 1.88 bits per heavy atom. The number of hydrogen-bond donors (Lipinski definition) is 2. The van der Waals surface area contributed by atoms with Gasteiger partial charge in [0.2, 0.25) is 0 Å². The largest absolute Gasteiger partial charge is 0.511 e. The lowest BCUT2D eigenvalue weighted by atomic mass is 9.77. The van der Waals surface area contributed by atoms with E-state index >= 15 is 0 Å². The summed E-state index contributed by atoms with van der Waals surface area (Å²) < 4.78 is 0. The van der Waals surface area contributed by atoms with Crippen LogP contribution in [0.25, 0.3) is 0 Å². The molecule has 0 amide bonds. The van der Waals surface area contributed by atoms with Crippen molar-refractivity contribution in [1.82, 2.24) is 0 Å². The Labute approximate surface area is 143 Å². The van der Waals surface area contributed by atoms with Crippen LogP contribution in [-0.4, -0.2) is 21.8 Å². The zero-order valence-corrected chi connectivity index (χ0v) is 14.9. The third-order valence-electron chi connectivity index (χ3n) is 4.95. The van der Waals surface area contributed by atoms with Gasteiger partial charge in [-0.3, -0.25) is 9.59 Å². The van der Waals surface area contributed by atoms with Gasteiger partial charge in [-0.15, -0.1) is 0 Å². The first-order valence-corrected chi connectivity index (χ1v) is 8.50. The number of carbonyl (C=O) groups excluding carboxylic acids is 2. The highest BCUT2D eigenvalue weighted by Crippen LogP contribution is 2.38. The van der Waals surface area contributed by atoms with Crippen LogP contribution in [0.4, 0.5) is 0 Å². The molecular weight excluding hydrogens is 304 g/mol. The van der Waals surface area contributed by atoms with Crippen molar-refractivity contribution in [2.24, 2.45) is 0 Å². The van der Waals surface area contributed by atoms with Crippen LogP contribution >= 0.6 is 0 Å². The van der Waals surface area contributed by atoms with Crippen LogP contribution in [0.5, 0.6) is 0 Å². The molecular formula is C20H26O4. The number of carbonyl (C=O) groups is 2. The van der Waals surface area contributed by atoms with Gasteiger partial charge in [0.05, 0.1) is 12.2 Å². The fourth-order valence-corrected chi connectivity index (χ4v) is 3.88. The summed E-state index contributed by atoms with van der Waals surface area (Å²) in [5.41, 5.74) is 4.93. The van der Waals surface area contributed by atoms with Gasteiger partial charge in [-0.25, -0.2) is 0 Å². The molecule has 1 aromatic rings. The maximum atomic E-state index is 12.5. The summed E-state index contributed by atoms with van der Waals surface area (Å²) in [5.74, 6) is -0.764. The first-order valence-electron chi connectivity index (χ1n) is 8.50. The first kappa shape index (κ1) is 18.4. The van der Waals surface area contributed by atoms with Crippen molar-refractivity contribution < 1.29 is 19.8 Å². The second-order valence-corrected chi connectivity index (χ2v) is 6.71. The highest BCUT2D eigenvalue weighted by Gasteiger charge is 2.33. The van der Waals surface area contributed by atoms with E-state index in [1.807, 2.05) is 33.8 Å². The van der Waals surface area contributed by atoms with Crippen molar-refractivity contribution in [2.45, 2.75) is 65.9 Å². The molecule has 0 spiro atoms. The molecule has 2 rings (SSSR count). The summed E-state index contributed by atoms with van der Waals surface area (Å²) >= 11 is 0. The number of Topliss-reactive ketones (excluding diaryl/α,β-unsaturated/α-hetero) is 2. The predicted octanol–water partition coefficient (Wildman–Crippen LogP) is 3.73. The van der Waals surface area contributed by atoms with E-state index in [2.05, 4.69) is 0 Å². The molecule has 1 atom stereocenters. The molecule has 4 heteroatoms. The van der Waals surface area contributed by atoms with Crippen LogP contribution in [0.2, 0.25) is 0 Å². The van der Waals surface area contributed by atoms with E-state index < -0.39 is 0 Å².